The lowest BCUT2D eigenvalue weighted by Crippen LogP contribution is -2.49. The second kappa shape index (κ2) is 5.11. The van der Waals surface area contributed by atoms with Crippen molar-refractivity contribution in [3.63, 3.8) is 0 Å². The zero-order valence-electron chi connectivity index (χ0n) is 8.65. The summed E-state index contributed by atoms with van der Waals surface area (Å²) >= 11 is 0. The summed E-state index contributed by atoms with van der Waals surface area (Å²) in [4.78, 5) is 0. The fourth-order valence-electron chi connectivity index (χ4n) is 1.26. The summed E-state index contributed by atoms with van der Waals surface area (Å²) in [5.41, 5.74) is 4.64. The molecule has 6 heteroatoms. The van der Waals surface area contributed by atoms with E-state index < -0.39 is 31.2 Å². The van der Waals surface area contributed by atoms with E-state index in [1.807, 2.05) is 0 Å². The van der Waals surface area contributed by atoms with Crippen molar-refractivity contribution in [3.05, 3.63) is 24.0 Å². The minimum Gasteiger partial charge on any atom is -0.399 e. The molecule has 0 aromatic heterocycles. The molecule has 0 saturated heterocycles. The van der Waals surface area contributed by atoms with Crippen LogP contribution >= 0.6 is 0 Å². The summed E-state index contributed by atoms with van der Waals surface area (Å²) in [6.07, 6.45) is 0. The molecule has 0 amide bonds. The van der Waals surface area contributed by atoms with Gasteiger partial charge in [-0.25, -0.2) is 4.39 Å². The van der Waals surface area contributed by atoms with E-state index in [0.717, 1.165) is 12.1 Å². The third-order valence-corrected chi connectivity index (χ3v) is 2.24. The average molecular weight is 230 g/mol. The maximum absolute atomic E-state index is 13.0. The van der Waals surface area contributed by atoms with Crippen molar-refractivity contribution >= 4 is 11.4 Å². The van der Waals surface area contributed by atoms with Crippen molar-refractivity contribution in [2.24, 2.45) is 0 Å². The largest absolute Gasteiger partial charge is 0.399 e. The molecular weight excluding hydrogens is 215 g/mol. The van der Waals surface area contributed by atoms with Gasteiger partial charge in [0.15, 0.2) is 0 Å². The first kappa shape index (κ1) is 12.7. The number of nitrogens with one attached hydrogen (secondary N) is 1. The Morgan fingerprint density at radius 2 is 1.69 bits per heavy atom. The van der Waals surface area contributed by atoms with Gasteiger partial charge in [0.05, 0.1) is 19.8 Å². The Morgan fingerprint density at radius 1 is 1.12 bits per heavy atom. The van der Waals surface area contributed by atoms with Crippen LogP contribution in [0.15, 0.2) is 18.2 Å². The molecule has 0 atom stereocenters. The van der Waals surface area contributed by atoms with Crippen molar-refractivity contribution in [2.75, 3.05) is 30.9 Å². The second-order valence-corrected chi connectivity index (χ2v) is 3.65. The van der Waals surface area contributed by atoms with Crippen molar-refractivity contribution < 1.29 is 19.7 Å². The maximum atomic E-state index is 13.0. The topological polar surface area (TPSA) is 98.7 Å². The van der Waals surface area contributed by atoms with Gasteiger partial charge in [0.2, 0.25) is 0 Å². The Labute approximate surface area is 92.3 Å². The van der Waals surface area contributed by atoms with E-state index in [1.54, 1.807) is 0 Å². The lowest BCUT2D eigenvalue weighted by Gasteiger charge is -2.30. The van der Waals surface area contributed by atoms with Crippen molar-refractivity contribution in [2.45, 2.75) is 5.54 Å². The first-order valence-corrected chi connectivity index (χ1v) is 4.72. The van der Waals surface area contributed by atoms with Crippen LogP contribution in [0.3, 0.4) is 0 Å². The zero-order valence-corrected chi connectivity index (χ0v) is 8.65. The van der Waals surface area contributed by atoms with Crippen LogP contribution in [0.4, 0.5) is 15.8 Å². The molecule has 0 spiro atoms. The summed E-state index contributed by atoms with van der Waals surface area (Å²) in [5.74, 6) is -0.537. The number of benzene rings is 1. The number of aliphatic hydroxyl groups excluding tert-OH is 3. The van der Waals surface area contributed by atoms with Gasteiger partial charge < -0.3 is 26.4 Å². The number of aliphatic hydroxyl groups is 3. The van der Waals surface area contributed by atoms with Gasteiger partial charge in [-0.1, -0.05) is 0 Å². The van der Waals surface area contributed by atoms with Crippen LogP contribution in [0.5, 0.6) is 0 Å². The molecule has 0 aliphatic heterocycles. The standard InChI is InChI=1S/C10H15FN2O3/c11-7-1-8(12)3-9(2-7)13-10(4-14,5-15)6-16/h1-3,13-16H,4-6,12H2. The molecule has 1 aromatic carbocycles. The van der Waals surface area contributed by atoms with Gasteiger partial charge in [-0.2, -0.15) is 0 Å². The number of halogens is 1. The molecule has 0 unspecified atom stereocenters. The Morgan fingerprint density at radius 3 is 2.12 bits per heavy atom. The normalized spacial score (nSPS) is 11.5. The minimum absolute atomic E-state index is 0.213. The molecular formula is C10H15FN2O3. The van der Waals surface area contributed by atoms with E-state index in [-0.39, 0.29) is 11.4 Å². The molecule has 5 nitrogen and oxygen atoms in total. The maximum Gasteiger partial charge on any atom is 0.127 e. The highest BCUT2D eigenvalue weighted by molar-refractivity contribution is 5.56. The number of hydrogen-bond donors (Lipinski definition) is 5. The fraction of sp³-hybridized carbons (Fsp3) is 0.400. The second-order valence-electron chi connectivity index (χ2n) is 3.65. The molecule has 0 fully saturated rings. The van der Waals surface area contributed by atoms with Gasteiger partial charge >= 0.3 is 0 Å². The Hall–Kier alpha value is -1.37. The van der Waals surface area contributed by atoms with E-state index in [9.17, 15) is 4.39 Å². The first-order chi connectivity index (χ1) is 7.55. The molecule has 0 radical (unpaired) electrons. The van der Waals surface area contributed by atoms with E-state index >= 15 is 0 Å². The zero-order chi connectivity index (χ0) is 12.2. The van der Waals surface area contributed by atoms with E-state index in [4.69, 9.17) is 21.1 Å². The van der Waals surface area contributed by atoms with Crippen LogP contribution in [0.25, 0.3) is 0 Å². The first-order valence-electron chi connectivity index (χ1n) is 4.72. The molecule has 90 valence electrons. The molecule has 0 bridgehead atoms. The van der Waals surface area contributed by atoms with E-state index in [2.05, 4.69) is 5.32 Å². The van der Waals surface area contributed by atoms with Crippen LogP contribution in [-0.2, 0) is 0 Å². The van der Waals surface area contributed by atoms with E-state index in [0.29, 0.717) is 0 Å². The number of nitrogens with two attached hydrogens (primary N) is 1. The van der Waals surface area contributed by atoms with Crippen LogP contribution < -0.4 is 11.1 Å². The fourth-order valence-corrected chi connectivity index (χ4v) is 1.26. The number of hydrogen-bond acceptors (Lipinski definition) is 5. The van der Waals surface area contributed by atoms with Crippen molar-refractivity contribution in [1.82, 2.24) is 0 Å². The summed E-state index contributed by atoms with van der Waals surface area (Å²) in [5, 5.41) is 29.9. The average Bonchev–Trinajstić information content (AvgIpc) is 2.25. The van der Waals surface area contributed by atoms with Crippen LogP contribution in [0, 0.1) is 5.82 Å². The van der Waals surface area contributed by atoms with Crippen LogP contribution in [-0.4, -0.2) is 40.7 Å². The molecule has 0 heterocycles. The summed E-state index contributed by atoms with van der Waals surface area (Å²) < 4.78 is 13.0. The molecule has 1 rings (SSSR count). The predicted octanol–water partition coefficient (Wildman–Crippen LogP) is -0.465. The summed E-state index contributed by atoms with van der Waals surface area (Å²) in [6.45, 7) is -1.47. The Kier molecular flexibility index (Phi) is 4.05. The third kappa shape index (κ3) is 2.82. The molecule has 6 N–H and O–H groups in total. The Balaban J connectivity index is 2.93. The van der Waals surface area contributed by atoms with Gasteiger partial charge in [-0.15, -0.1) is 0 Å². The van der Waals surface area contributed by atoms with Gasteiger partial charge in [-0.05, 0) is 18.2 Å². The summed E-state index contributed by atoms with van der Waals surface area (Å²) in [6, 6.07) is 3.74. The SMILES string of the molecule is Nc1cc(F)cc(NC(CO)(CO)CO)c1. The monoisotopic (exact) mass is 230 g/mol. The van der Waals surface area contributed by atoms with Crippen molar-refractivity contribution in [1.29, 1.82) is 0 Å². The number of anilines is 2. The minimum atomic E-state index is -1.29. The third-order valence-electron chi connectivity index (χ3n) is 2.24. The highest BCUT2D eigenvalue weighted by atomic mass is 19.1. The Bertz CT molecular complexity index is 327. The van der Waals surface area contributed by atoms with Gasteiger partial charge in [0.25, 0.3) is 0 Å². The lowest BCUT2D eigenvalue weighted by molar-refractivity contribution is 0.0833. The lowest BCUT2D eigenvalue weighted by atomic mass is 10.0. The van der Waals surface area contributed by atoms with Gasteiger partial charge in [-0.3, -0.25) is 0 Å². The molecule has 0 saturated carbocycles. The van der Waals surface area contributed by atoms with Gasteiger partial charge in [0, 0.05) is 11.4 Å². The highest BCUT2D eigenvalue weighted by Crippen LogP contribution is 2.19. The summed E-state index contributed by atoms with van der Waals surface area (Å²) in [7, 11) is 0. The highest BCUT2D eigenvalue weighted by Gasteiger charge is 2.27. The molecule has 1 aromatic rings. The molecule has 16 heavy (non-hydrogen) atoms. The molecule has 0 aliphatic rings. The van der Waals surface area contributed by atoms with Gasteiger partial charge in [0.1, 0.15) is 11.4 Å². The van der Waals surface area contributed by atoms with Crippen molar-refractivity contribution in [3.8, 4) is 0 Å². The number of nitrogen functional groups attached to an aromatic ring is 1. The van der Waals surface area contributed by atoms with Crippen LogP contribution in [0.2, 0.25) is 0 Å². The number of rotatable bonds is 5. The van der Waals surface area contributed by atoms with Crippen LogP contribution in [0.1, 0.15) is 0 Å². The molecule has 0 aliphatic carbocycles. The predicted molar refractivity (Wildman–Crippen MR) is 58.4 cm³/mol. The van der Waals surface area contributed by atoms with E-state index in [1.165, 1.54) is 6.07 Å². The smallest absolute Gasteiger partial charge is 0.127 e. The quantitative estimate of drug-likeness (QED) is 0.441.